The van der Waals surface area contributed by atoms with Gasteiger partial charge in [0.25, 0.3) is 5.52 Å². The Kier molecular flexibility index (Phi) is 5.34. The van der Waals surface area contributed by atoms with Crippen molar-refractivity contribution < 1.29 is 36.2 Å². The molecule has 0 aliphatic rings. The molecule has 0 amide bonds. The summed E-state index contributed by atoms with van der Waals surface area (Å²) in [5.41, 5.74) is 1.27. The zero-order valence-corrected chi connectivity index (χ0v) is 14.2. The summed E-state index contributed by atoms with van der Waals surface area (Å²) in [4.78, 5) is 12.4. The largest absolute Gasteiger partial charge is 1.00 e. The Balaban J connectivity index is 0.00000192. The van der Waals surface area contributed by atoms with Gasteiger partial charge in [-0.25, -0.2) is 0 Å². The van der Waals surface area contributed by atoms with Crippen LogP contribution in [-0.4, -0.2) is 18.0 Å². The first kappa shape index (κ1) is 17.0. The smallest absolute Gasteiger partial charge is 0.255 e. The fourth-order valence-electron chi connectivity index (χ4n) is 2.48. The molecule has 1 aromatic heterocycles. The highest BCUT2D eigenvalue weighted by Gasteiger charge is 2.17. The number of benzene rings is 2. The molecule has 0 saturated carbocycles. The van der Waals surface area contributed by atoms with Gasteiger partial charge < -0.3 is 26.8 Å². The molecule has 23 heavy (non-hydrogen) atoms. The molecule has 3 aromatic rings. The number of fused-ring (bicyclic) bond motifs is 1. The molecule has 118 valence electrons. The van der Waals surface area contributed by atoms with Crippen LogP contribution in [-0.2, 0) is 6.54 Å². The number of hydrogen-bond donors (Lipinski definition) is 1. The number of phenols is 1. The minimum Gasteiger partial charge on any atom is -1.00 e. The van der Waals surface area contributed by atoms with Crippen LogP contribution in [0.25, 0.3) is 10.9 Å². The van der Waals surface area contributed by atoms with E-state index in [1.165, 1.54) is 0 Å². The van der Waals surface area contributed by atoms with Gasteiger partial charge in [-0.05, 0) is 42.5 Å². The lowest BCUT2D eigenvalue weighted by atomic mass is 10.1. The van der Waals surface area contributed by atoms with Gasteiger partial charge in [0.15, 0.2) is 11.9 Å². The second-order valence-electron chi connectivity index (χ2n) is 5.00. The molecule has 0 saturated heterocycles. The normalized spacial score (nSPS) is 10.1. The van der Waals surface area contributed by atoms with Crippen LogP contribution in [0.1, 0.15) is 10.4 Å². The monoisotopic (exact) mass is 373 g/mol. The third kappa shape index (κ3) is 3.51. The van der Waals surface area contributed by atoms with E-state index >= 15 is 0 Å². The summed E-state index contributed by atoms with van der Waals surface area (Å²) in [7, 11) is 1.59. The summed E-state index contributed by atoms with van der Waals surface area (Å²) in [5.74, 6) is 0.857. The number of aromatic nitrogens is 1. The molecular weight excluding hydrogens is 358 g/mol. The first-order valence-corrected chi connectivity index (χ1v) is 6.96. The van der Waals surface area contributed by atoms with Crippen molar-refractivity contribution in [2.45, 2.75) is 6.54 Å². The quantitative estimate of drug-likeness (QED) is 0.505. The van der Waals surface area contributed by atoms with Crippen molar-refractivity contribution in [1.29, 1.82) is 0 Å². The highest BCUT2D eigenvalue weighted by Crippen LogP contribution is 2.20. The van der Waals surface area contributed by atoms with E-state index in [0.717, 1.165) is 5.39 Å². The summed E-state index contributed by atoms with van der Waals surface area (Å²) in [6.45, 7) is 0.168. The number of rotatable bonds is 4. The van der Waals surface area contributed by atoms with Crippen LogP contribution in [0.3, 0.4) is 0 Å². The Labute approximate surface area is 144 Å². The maximum Gasteiger partial charge on any atom is 0.255 e. The molecule has 0 atom stereocenters. The number of ketones is 1. The number of ether oxygens (including phenoxy) is 1. The van der Waals surface area contributed by atoms with Crippen molar-refractivity contribution in [3.8, 4) is 11.5 Å². The molecule has 2 aromatic carbocycles. The maximum absolute atomic E-state index is 12.4. The van der Waals surface area contributed by atoms with Crippen LogP contribution in [0.4, 0.5) is 0 Å². The fourth-order valence-corrected chi connectivity index (χ4v) is 2.48. The molecule has 0 aliphatic heterocycles. The van der Waals surface area contributed by atoms with Crippen LogP contribution in [0.2, 0.25) is 0 Å². The fraction of sp³-hybridized carbons (Fsp3) is 0.111. The minimum atomic E-state index is -0.0246. The standard InChI is InChI=1S/C18H15NO3.BrH/c1-22-15-9-7-13(8-10-15)17(21)12-19-11-3-5-14-4-2-6-16(20)18(14)19;/h2-11H,12H2,1H3;1H. The van der Waals surface area contributed by atoms with Gasteiger partial charge in [0, 0.05) is 11.6 Å². The summed E-state index contributed by atoms with van der Waals surface area (Å²) >= 11 is 0. The van der Waals surface area contributed by atoms with Gasteiger partial charge in [0.05, 0.1) is 12.5 Å². The van der Waals surface area contributed by atoms with Gasteiger partial charge in [-0.15, -0.1) is 0 Å². The first-order chi connectivity index (χ1) is 10.7. The Hall–Kier alpha value is -2.40. The number of para-hydroxylation sites is 1. The Morgan fingerprint density at radius 3 is 2.48 bits per heavy atom. The average molecular weight is 374 g/mol. The van der Waals surface area contributed by atoms with Crippen molar-refractivity contribution in [1.82, 2.24) is 0 Å². The van der Waals surface area contributed by atoms with Gasteiger partial charge >= 0.3 is 0 Å². The van der Waals surface area contributed by atoms with Gasteiger partial charge in [-0.2, -0.15) is 4.57 Å². The van der Waals surface area contributed by atoms with E-state index in [9.17, 15) is 9.90 Å². The summed E-state index contributed by atoms with van der Waals surface area (Å²) in [6, 6.07) is 16.1. The molecule has 0 fully saturated rings. The topological polar surface area (TPSA) is 50.4 Å². The summed E-state index contributed by atoms with van der Waals surface area (Å²) in [5, 5.41) is 10.9. The van der Waals surface area contributed by atoms with Crippen molar-refractivity contribution in [2.24, 2.45) is 0 Å². The third-order valence-corrected chi connectivity index (χ3v) is 3.60. The van der Waals surface area contributed by atoms with Crippen molar-refractivity contribution in [3.63, 3.8) is 0 Å². The van der Waals surface area contributed by atoms with Gasteiger partial charge in [-0.3, -0.25) is 4.79 Å². The predicted octanol–water partition coefficient (Wildman–Crippen LogP) is -0.272. The summed E-state index contributed by atoms with van der Waals surface area (Å²) < 4.78 is 6.85. The Morgan fingerprint density at radius 1 is 1.09 bits per heavy atom. The molecule has 0 unspecified atom stereocenters. The third-order valence-electron chi connectivity index (χ3n) is 3.60. The molecule has 0 spiro atoms. The number of Topliss-reactive ketones (excluding diaryl/α,β-unsaturated/α-hetero) is 1. The van der Waals surface area contributed by atoms with E-state index in [2.05, 4.69) is 0 Å². The number of phenolic OH excluding ortho intramolecular Hbond substituents is 1. The second kappa shape index (κ2) is 7.24. The molecular formula is C18H16BrNO3. The van der Waals surface area contributed by atoms with Crippen LogP contribution in [0.15, 0.2) is 60.8 Å². The van der Waals surface area contributed by atoms with E-state index in [1.807, 2.05) is 18.2 Å². The molecule has 1 heterocycles. The van der Waals surface area contributed by atoms with Crippen molar-refractivity contribution in [3.05, 3.63) is 66.4 Å². The van der Waals surface area contributed by atoms with Crippen LogP contribution in [0.5, 0.6) is 11.5 Å². The molecule has 0 aliphatic carbocycles. The van der Waals surface area contributed by atoms with E-state index in [-0.39, 0.29) is 35.1 Å². The minimum absolute atomic E-state index is 0. The van der Waals surface area contributed by atoms with Gasteiger partial charge in [-0.1, -0.05) is 6.07 Å². The summed E-state index contributed by atoms with van der Waals surface area (Å²) in [6.07, 6.45) is 1.80. The number of methoxy groups -OCH3 is 1. The predicted molar refractivity (Wildman–Crippen MR) is 83.1 cm³/mol. The first-order valence-electron chi connectivity index (χ1n) is 6.96. The molecule has 0 radical (unpaired) electrons. The number of aromatic hydroxyl groups is 1. The number of nitrogens with zero attached hydrogens (tertiary/aromatic N) is 1. The van der Waals surface area contributed by atoms with Gasteiger partial charge in [0.1, 0.15) is 5.75 Å². The Morgan fingerprint density at radius 2 is 1.78 bits per heavy atom. The van der Waals surface area contributed by atoms with Crippen LogP contribution in [0, 0.1) is 0 Å². The average Bonchev–Trinajstić information content (AvgIpc) is 2.55. The molecule has 5 heteroatoms. The number of hydrogen-bond acceptors (Lipinski definition) is 3. The van der Waals surface area contributed by atoms with Crippen molar-refractivity contribution in [2.75, 3.05) is 7.11 Å². The molecule has 1 N–H and O–H groups in total. The number of halogens is 1. The molecule has 3 rings (SSSR count). The van der Waals surface area contributed by atoms with Crippen LogP contribution < -0.4 is 26.3 Å². The zero-order valence-electron chi connectivity index (χ0n) is 12.6. The highest BCUT2D eigenvalue weighted by atomic mass is 79.9. The highest BCUT2D eigenvalue weighted by molar-refractivity contribution is 5.95. The second-order valence-corrected chi connectivity index (χ2v) is 5.00. The van der Waals surface area contributed by atoms with E-state index < -0.39 is 0 Å². The van der Waals surface area contributed by atoms with Crippen LogP contribution >= 0.6 is 0 Å². The zero-order chi connectivity index (χ0) is 15.5. The molecule has 4 nitrogen and oxygen atoms in total. The van der Waals surface area contributed by atoms with Gasteiger partial charge in [0.2, 0.25) is 12.3 Å². The van der Waals surface area contributed by atoms with E-state index in [0.29, 0.717) is 16.8 Å². The number of carbonyl (C=O) groups excluding carboxylic acids is 1. The Bertz CT molecular complexity index is 826. The lowest BCUT2D eigenvalue weighted by Crippen LogP contribution is -3.00. The number of pyridine rings is 1. The lowest BCUT2D eigenvalue weighted by Gasteiger charge is -2.04. The van der Waals surface area contributed by atoms with E-state index in [4.69, 9.17) is 4.74 Å². The SMILES string of the molecule is COc1ccc(C(=O)C[n+]2cccc3cccc(O)c32)cc1.[Br-]. The number of carbonyl (C=O) groups is 1. The van der Waals surface area contributed by atoms with E-state index in [1.54, 1.807) is 54.3 Å². The van der Waals surface area contributed by atoms with Crippen molar-refractivity contribution >= 4 is 16.7 Å². The lowest BCUT2D eigenvalue weighted by molar-refractivity contribution is -0.657. The maximum atomic E-state index is 12.4. The molecule has 0 bridgehead atoms.